The standard InChI is InChI=1S/C18H20N4O2/c1-14(24-17-7-3-2-5-15(17)11-19)18(23)21-9-4-6-16(12-21)22-10-8-20-13-22/h2-3,5,7-8,10,13-14,16H,4,6,9,12H2,1H3/t14-,16+/m1/s1. The Balaban J connectivity index is 1.66. The van der Waals surface area contributed by atoms with Gasteiger partial charge in [0.15, 0.2) is 6.10 Å². The van der Waals surface area contributed by atoms with Crippen LogP contribution in [0.3, 0.4) is 0 Å². The fraction of sp³-hybridized carbons (Fsp3) is 0.389. The van der Waals surface area contributed by atoms with Crippen LogP contribution in [-0.2, 0) is 4.79 Å². The molecule has 2 atom stereocenters. The Labute approximate surface area is 141 Å². The lowest BCUT2D eigenvalue weighted by Crippen LogP contribution is -2.46. The normalized spacial score (nSPS) is 18.7. The third-order valence-electron chi connectivity index (χ3n) is 4.31. The highest BCUT2D eigenvalue weighted by atomic mass is 16.5. The first kappa shape index (κ1) is 16.1. The van der Waals surface area contributed by atoms with Crippen LogP contribution in [0.2, 0.25) is 0 Å². The van der Waals surface area contributed by atoms with Gasteiger partial charge >= 0.3 is 0 Å². The van der Waals surface area contributed by atoms with Gasteiger partial charge in [-0.25, -0.2) is 4.98 Å². The molecule has 0 unspecified atom stereocenters. The van der Waals surface area contributed by atoms with Gasteiger partial charge in [0.2, 0.25) is 0 Å². The van der Waals surface area contributed by atoms with Crippen LogP contribution in [0.25, 0.3) is 0 Å². The number of aromatic nitrogens is 2. The van der Waals surface area contributed by atoms with E-state index in [1.165, 1.54) is 0 Å². The average molecular weight is 324 g/mol. The molecule has 1 aromatic carbocycles. The summed E-state index contributed by atoms with van der Waals surface area (Å²) >= 11 is 0. The number of para-hydroxylation sites is 1. The first-order chi connectivity index (χ1) is 11.7. The van der Waals surface area contributed by atoms with Crippen LogP contribution >= 0.6 is 0 Å². The second-order valence-corrected chi connectivity index (χ2v) is 5.96. The monoisotopic (exact) mass is 324 g/mol. The summed E-state index contributed by atoms with van der Waals surface area (Å²) < 4.78 is 7.80. The molecule has 1 aliphatic heterocycles. The van der Waals surface area contributed by atoms with Crippen molar-refractivity contribution in [3.8, 4) is 11.8 Å². The van der Waals surface area contributed by atoms with Crippen molar-refractivity contribution in [3.63, 3.8) is 0 Å². The van der Waals surface area contributed by atoms with E-state index in [2.05, 4.69) is 15.6 Å². The molecule has 1 amide bonds. The zero-order valence-electron chi connectivity index (χ0n) is 13.6. The Morgan fingerprint density at radius 2 is 2.29 bits per heavy atom. The molecule has 1 fully saturated rings. The maximum Gasteiger partial charge on any atom is 0.263 e. The molecular weight excluding hydrogens is 304 g/mol. The van der Waals surface area contributed by atoms with Crippen LogP contribution in [0, 0.1) is 11.3 Å². The highest BCUT2D eigenvalue weighted by Gasteiger charge is 2.28. The second-order valence-electron chi connectivity index (χ2n) is 5.96. The minimum Gasteiger partial charge on any atom is -0.480 e. The number of hydrogen-bond acceptors (Lipinski definition) is 4. The molecule has 0 spiro atoms. The number of rotatable bonds is 4. The highest BCUT2D eigenvalue weighted by Crippen LogP contribution is 2.23. The second kappa shape index (κ2) is 7.18. The number of piperidine rings is 1. The molecule has 3 rings (SSSR count). The summed E-state index contributed by atoms with van der Waals surface area (Å²) in [6, 6.07) is 9.31. The minimum atomic E-state index is -0.624. The molecule has 2 aromatic rings. The van der Waals surface area contributed by atoms with Gasteiger partial charge in [0.05, 0.1) is 17.9 Å². The molecular formula is C18H20N4O2. The molecule has 0 radical (unpaired) electrons. The lowest BCUT2D eigenvalue weighted by molar-refractivity contribution is -0.139. The van der Waals surface area contributed by atoms with E-state index in [1.54, 1.807) is 43.7 Å². The number of carbonyl (C=O) groups is 1. The van der Waals surface area contributed by atoms with E-state index >= 15 is 0 Å². The predicted octanol–water partition coefficient (Wildman–Crippen LogP) is 2.39. The topological polar surface area (TPSA) is 71.2 Å². The maximum atomic E-state index is 12.7. The van der Waals surface area contributed by atoms with Crippen LogP contribution in [-0.4, -0.2) is 39.6 Å². The van der Waals surface area contributed by atoms with Gasteiger partial charge in [0.25, 0.3) is 5.91 Å². The Morgan fingerprint density at radius 3 is 3.04 bits per heavy atom. The predicted molar refractivity (Wildman–Crippen MR) is 88.3 cm³/mol. The van der Waals surface area contributed by atoms with Crippen molar-refractivity contribution in [1.82, 2.24) is 14.5 Å². The molecule has 0 saturated carbocycles. The Kier molecular flexibility index (Phi) is 4.80. The van der Waals surface area contributed by atoms with Crippen molar-refractivity contribution < 1.29 is 9.53 Å². The Morgan fingerprint density at radius 1 is 1.46 bits per heavy atom. The van der Waals surface area contributed by atoms with E-state index in [4.69, 9.17) is 10.00 Å². The number of imidazole rings is 1. The molecule has 0 bridgehead atoms. The number of likely N-dealkylation sites (tertiary alicyclic amines) is 1. The van der Waals surface area contributed by atoms with E-state index < -0.39 is 6.10 Å². The molecule has 1 aliphatic rings. The van der Waals surface area contributed by atoms with Crippen LogP contribution < -0.4 is 4.74 Å². The third kappa shape index (κ3) is 3.40. The summed E-state index contributed by atoms with van der Waals surface area (Å²) in [5.41, 5.74) is 0.437. The number of benzene rings is 1. The first-order valence-corrected chi connectivity index (χ1v) is 8.11. The van der Waals surface area contributed by atoms with Crippen molar-refractivity contribution >= 4 is 5.91 Å². The smallest absolute Gasteiger partial charge is 0.263 e. The van der Waals surface area contributed by atoms with Gasteiger partial charge in [0.1, 0.15) is 11.8 Å². The van der Waals surface area contributed by atoms with Gasteiger partial charge in [-0.3, -0.25) is 4.79 Å². The van der Waals surface area contributed by atoms with Gasteiger partial charge in [0, 0.05) is 25.5 Å². The largest absolute Gasteiger partial charge is 0.480 e. The highest BCUT2D eigenvalue weighted by molar-refractivity contribution is 5.81. The van der Waals surface area contributed by atoms with Gasteiger partial charge in [-0.15, -0.1) is 0 Å². The third-order valence-corrected chi connectivity index (χ3v) is 4.31. The Hall–Kier alpha value is -2.81. The van der Waals surface area contributed by atoms with Crippen LogP contribution in [0.1, 0.15) is 31.4 Å². The molecule has 6 nitrogen and oxygen atoms in total. The van der Waals surface area contributed by atoms with Crippen LogP contribution in [0.15, 0.2) is 43.0 Å². The molecule has 0 N–H and O–H groups in total. The molecule has 1 aromatic heterocycles. The zero-order chi connectivity index (χ0) is 16.9. The van der Waals surface area contributed by atoms with Gasteiger partial charge in [-0.05, 0) is 31.9 Å². The quantitative estimate of drug-likeness (QED) is 0.866. The lowest BCUT2D eigenvalue weighted by Gasteiger charge is -2.34. The van der Waals surface area contributed by atoms with Crippen LogP contribution in [0.4, 0.5) is 0 Å². The summed E-state index contributed by atoms with van der Waals surface area (Å²) in [6.45, 7) is 3.12. The number of ether oxygens (including phenoxy) is 1. The molecule has 124 valence electrons. The van der Waals surface area contributed by atoms with E-state index in [0.29, 0.717) is 17.9 Å². The fourth-order valence-electron chi connectivity index (χ4n) is 3.04. The van der Waals surface area contributed by atoms with Crippen LogP contribution in [0.5, 0.6) is 5.75 Å². The van der Waals surface area contributed by atoms with E-state index in [1.807, 2.05) is 11.1 Å². The molecule has 2 heterocycles. The number of amides is 1. The van der Waals surface area contributed by atoms with Gasteiger partial charge in [-0.1, -0.05) is 12.1 Å². The maximum absolute atomic E-state index is 12.7. The van der Waals surface area contributed by atoms with E-state index in [-0.39, 0.29) is 11.9 Å². The van der Waals surface area contributed by atoms with E-state index in [9.17, 15) is 4.79 Å². The van der Waals surface area contributed by atoms with Crippen molar-refractivity contribution in [3.05, 3.63) is 48.5 Å². The van der Waals surface area contributed by atoms with Crippen molar-refractivity contribution in [2.75, 3.05) is 13.1 Å². The zero-order valence-corrected chi connectivity index (χ0v) is 13.6. The summed E-state index contributed by atoms with van der Waals surface area (Å²) in [6.07, 6.45) is 6.85. The molecule has 1 saturated heterocycles. The number of nitrogens with zero attached hydrogens (tertiary/aromatic N) is 4. The molecule has 24 heavy (non-hydrogen) atoms. The fourth-order valence-corrected chi connectivity index (χ4v) is 3.04. The number of carbonyl (C=O) groups excluding carboxylic acids is 1. The molecule has 0 aliphatic carbocycles. The summed E-state index contributed by atoms with van der Waals surface area (Å²) in [4.78, 5) is 18.6. The summed E-state index contributed by atoms with van der Waals surface area (Å²) in [5.74, 6) is 0.400. The van der Waals surface area contributed by atoms with Gasteiger partial charge in [-0.2, -0.15) is 5.26 Å². The lowest BCUT2D eigenvalue weighted by atomic mass is 10.0. The number of hydrogen-bond donors (Lipinski definition) is 0. The minimum absolute atomic E-state index is 0.0486. The molecule has 6 heteroatoms. The Bertz CT molecular complexity index is 736. The first-order valence-electron chi connectivity index (χ1n) is 8.11. The van der Waals surface area contributed by atoms with E-state index in [0.717, 1.165) is 19.4 Å². The summed E-state index contributed by atoms with van der Waals surface area (Å²) in [7, 11) is 0. The van der Waals surface area contributed by atoms with Crippen molar-refractivity contribution in [2.45, 2.75) is 31.9 Å². The summed E-state index contributed by atoms with van der Waals surface area (Å²) in [5, 5.41) is 9.12. The van der Waals surface area contributed by atoms with Gasteiger partial charge < -0.3 is 14.2 Å². The number of nitriles is 1. The van der Waals surface area contributed by atoms with Crippen molar-refractivity contribution in [2.24, 2.45) is 0 Å². The average Bonchev–Trinajstić information content (AvgIpc) is 3.16. The SMILES string of the molecule is C[C@@H](Oc1ccccc1C#N)C(=O)N1CCC[C@H](n2ccnc2)C1. The van der Waals surface area contributed by atoms with Crippen molar-refractivity contribution in [1.29, 1.82) is 5.26 Å².